The number of rotatable bonds is 6. The maximum Gasteiger partial charge on any atom is 0.00418 e. The van der Waals surface area contributed by atoms with Gasteiger partial charge in [0.15, 0.2) is 0 Å². The number of hydrogen-bond donors (Lipinski definition) is 1. The van der Waals surface area contributed by atoms with E-state index in [1.54, 1.807) is 0 Å². The van der Waals surface area contributed by atoms with Gasteiger partial charge < -0.3 is 10.2 Å². The molecule has 0 aromatic carbocycles. The van der Waals surface area contributed by atoms with Crippen molar-refractivity contribution in [2.24, 2.45) is 17.8 Å². The summed E-state index contributed by atoms with van der Waals surface area (Å²) >= 11 is 0. The van der Waals surface area contributed by atoms with Crippen LogP contribution in [0.3, 0.4) is 0 Å². The van der Waals surface area contributed by atoms with Crippen molar-refractivity contribution in [2.75, 3.05) is 26.2 Å². The predicted molar refractivity (Wildman–Crippen MR) is 76.3 cm³/mol. The molecule has 0 aromatic rings. The zero-order valence-corrected chi connectivity index (χ0v) is 12.5. The summed E-state index contributed by atoms with van der Waals surface area (Å²) in [7, 11) is 0. The monoisotopic (exact) mass is 240 g/mol. The summed E-state index contributed by atoms with van der Waals surface area (Å²) in [5.74, 6) is 2.48. The van der Waals surface area contributed by atoms with E-state index in [2.05, 4.69) is 44.8 Å². The summed E-state index contributed by atoms with van der Waals surface area (Å²) in [5.41, 5.74) is 0. The van der Waals surface area contributed by atoms with Crippen LogP contribution >= 0.6 is 0 Å². The molecule has 2 atom stereocenters. The highest BCUT2D eigenvalue weighted by atomic mass is 15.1. The van der Waals surface area contributed by atoms with Crippen LogP contribution in [0.2, 0.25) is 0 Å². The Morgan fingerprint density at radius 3 is 2.18 bits per heavy atom. The van der Waals surface area contributed by atoms with Gasteiger partial charge in [0.25, 0.3) is 0 Å². The van der Waals surface area contributed by atoms with Crippen molar-refractivity contribution in [1.29, 1.82) is 0 Å². The molecule has 2 heteroatoms. The Morgan fingerprint density at radius 1 is 1.12 bits per heavy atom. The summed E-state index contributed by atoms with van der Waals surface area (Å²) in [6.07, 6.45) is 2.71. The minimum atomic E-state index is 0.716. The Bertz CT molecular complexity index is 191. The van der Waals surface area contributed by atoms with Crippen LogP contribution in [-0.2, 0) is 0 Å². The van der Waals surface area contributed by atoms with E-state index in [0.29, 0.717) is 6.04 Å². The van der Waals surface area contributed by atoms with E-state index in [4.69, 9.17) is 0 Å². The maximum atomic E-state index is 3.55. The van der Waals surface area contributed by atoms with Crippen molar-refractivity contribution < 1.29 is 0 Å². The molecule has 0 bridgehead atoms. The molecule has 0 aliphatic carbocycles. The molecule has 1 rings (SSSR count). The average molecular weight is 240 g/mol. The summed E-state index contributed by atoms with van der Waals surface area (Å²) in [6, 6.07) is 0.716. The fourth-order valence-corrected chi connectivity index (χ4v) is 3.02. The molecule has 2 unspecified atom stereocenters. The number of nitrogens with zero attached hydrogens (tertiary/aromatic N) is 1. The van der Waals surface area contributed by atoms with Gasteiger partial charge in [-0.3, -0.25) is 0 Å². The van der Waals surface area contributed by atoms with Crippen LogP contribution in [0.4, 0.5) is 0 Å². The molecule has 0 radical (unpaired) electrons. The molecule has 1 aliphatic heterocycles. The second kappa shape index (κ2) is 7.38. The van der Waals surface area contributed by atoms with Gasteiger partial charge in [-0.2, -0.15) is 0 Å². The summed E-state index contributed by atoms with van der Waals surface area (Å²) < 4.78 is 0. The van der Waals surface area contributed by atoms with Gasteiger partial charge in [-0.1, -0.05) is 27.7 Å². The first kappa shape index (κ1) is 15.0. The van der Waals surface area contributed by atoms with Crippen LogP contribution in [0.25, 0.3) is 0 Å². The van der Waals surface area contributed by atoms with Gasteiger partial charge in [0.05, 0.1) is 0 Å². The molecule has 2 nitrogen and oxygen atoms in total. The maximum absolute atomic E-state index is 3.55. The third-order valence-corrected chi connectivity index (χ3v) is 3.50. The van der Waals surface area contributed by atoms with Crippen LogP contribution in [0.1, 0.15) is 47.5 Å². The van der Waals surface area contributed by atoms with E-state index in [1.807, 2.05) is 0 Å². The van der Waals surface area contributed by atoms with Gasteiger partial charge in [0, 0.05) is 25.7 Å². The lowest BCUT2D eigenvalue weighted by molar-refractivity contribution is 0.162. The lowest BCUT2D eigenvalue weighted by Crippen LogP contribution is -2.42. The van der Waals surface area contributed by atoms with Gasteiger partial charge in [-0.25, -0.2) is 0 Å². The molecule has 1 fully saturated rings. The quantitative estimate of drug-likeness (QED) is 0.768. The minimum Gasteiger partial charge on any atom is -0.314 e. The highest BCUT2D eigenvalue weighted by Gasteiger charge is 2.21. The Labute approximate surface area is 108 Å². The predicted octanol–water partition coefficient (Wildman–Crippen LogP) is 2.99. The number of nitrogens with one attached hydrogen (secondary N) is 1. The van der Waals surface area contributed by atoms with Gasteiger partial charge in [-0.15, -0.1) is 0 Å². The van der Waals surface area contributed by atoms with Gasteiger partial charge in [-0.05, 0) is 44.1 Å². The standard InChI is InChI=1S/C15H32N2/c1-12(2)9-17(10-13(3)4)11-15-6-7-16-14(5)8-15/h12-16H,6-11H2,1-5H3. The number of hydrogen-bond acceptors (Lipinski definition) is 2. The van der Waals surface area contributed by atoms with E-state index < -0.39 is 0 Å². The Hall–Kier alpha value is -0.0800. The molecule has 0 aromatic heterocycles. The van der Waals surface area contributed by atoms with Gasteiger partial charge in [0.1, 0.15) is 0 Å². The zero-order chi connectivity index (χ0) is 12.8. The van der Waals surface area contributed by atoms with E-state index >= 15 is 0 Å². The van der Waals surface area contributed by atoms with Crippen LogP contribution in [0.15, 0.2) is 0 Å². The molecule has 1 saturated heterocycles. The molecular formula is C15H32N2. The van der Waals surface area contributed by atoms with Crippen molar-refractivity contribution in [3.8, 4) is 0 Å². The molecule has 1 N–H and O–H groups in total. The van der Waals surface area contributed by atoms with Crippen molar-refractivity contribution in [3.63, 3.8) is 0 Å². The normalized spacial score (nSPS) is 26.1. The van der Waals surface area contributed by atoms with Crippen LogP contribution < -0.4 is 5.32 Å². The molecule has 0 spiro atoms. The highest BCUT2D eigenvalue weighted by Crippen LogP contribution is 2.18. The first-order valence-corrected chi connectivity index (χ1v) is 7.43. The van der Waals surface area contributed by atoms with Crippen LogP contribution in [0, 0.1) is 17.8 Å². The van der Waals surface area contributed by atoms with E-state index in [1.165, 1.54) is 39.0 Å². The van der Waals surface area contributed by atoms with Crippen molar-refractivity contribution in [2.45, 2.75) is 53.5 Å². The fraction of sp³-hybridized carbons (Fsp3) is 1.00. The Morgan fingerprint density at radius 2 is 1.71 bits per heavy atom. The van der Waals surface area contributed by atoms with Crippen molar-refractivity contribution in [1.82, 2.24) is 10.2 Å². The molecule has 1 aliphatic rings. The minimum absolute atomic E-state index is 0.716. The van der Waals surface area contributed by atoms with Gasteiger partial charge in [0.2, 0.25) is 0 Å². The van der Waals surface area contributed by atoms with Crippen LogP contribution in [0.5, 0.6) is 0 Å². The van der Waals surface area contributed by atoms with E-state index in [-0.39, 0.29) is 0 Å². The average Bonchev–Trinajstić information content (AvgIpc) is 2.14. The van der Waals surface area contributed by atoms with Crippen molar-refractivity contribution >= 4 is 0 Å². The van der Waals surface area contributed by atoms with Gasteiger partial charge >= 0.3 is 0 Å². The summed E-state index contributed by atoms with van der Waals surface area (Å²) in [6.45, 7) is 16.7. The third kappa shape index (κ3) is 6.42. The first-order chi connectivity index (χ1) is 7.97. The van der Waals surface area contributed by atoms with Crippen LogP contribution in [-0.4, -0.2) is 37.1 Å². The van der Waals surface area contributed by atoms with E-state index in [9.17, 15) is 0 Å². The summed E-state index contributed by atoms with van der Waals surface area (Å²) in [5, 5.41) is 3.55. The molecule has 0 saturated carbocycles. The lowest BCUT2D eigenvalue weighted by atomic mass is 9.92. The zero-order valence-electron chi connectivity index (χ0n) is 12.5. The largest absolute Gasteiger partial charge is 0.314 e. The first-order valence-electron chi connectivity index (χ1n) is 7.43. The Kier molecular flexibility index (Phi) is 6.50. The molecule has 17 heavy (non-hydrogen) atoms. The van der Waals surface area contributed by atoms with E-state index in [0.717, 1.165) is 17.8 Å². The second-order valence-corrected chi connectivity index (χ2v) is 6.75. The topological polar surface area (TPSA) is 15.3 Å². The molecule has 0 amide bonds. The molecular weight excluding hydrogens is 208 g/mol. The van der Waals surface area contributed by atoms with Crippen molar-refractivity contribution in [3.05, 3.63) is 0 Å². The number of piperidine rings is 1. The third-order valence-electron chi connectivity index (χ3n) is 3.50. The second-order valence-electron chi connectivity index (χ2n) is 6.75. The Balaban J connectivity index is 2.40. The highest BCUT2D eigenvalue weighted by molar-refractivity contribution is 4.78. The smallest absolute Gasteiger partial charge is 0.00418 e. The molecule has 1 heterocycles. The fourth-order valence-electron chi connectivity index (χ4n) is 3.02. The lowest BCUT2D eigenvalue weighted by Gasteiger charge is -2.34. The SMILES string of the molecule is CC(C)CN(CC(C)C)CC1CCNC(C)C1. The molecule has 102 valence electrons. The summed E-state index contributed by atoms with van der Waals surface area (Å²) in [4.78, 5) is 2.69.